The Morgan fingerprint density at radius 2 is 2.04 bits per heavy atom. The Bertz CT molecular complexity index is 1010. The molecule has 1 aliphatic heterocycles. The highest BCUT2D eigenvalue weighted by atomic mass is 19.3. The maximum absolute atomic E-state index is 14.2. The number of ether oxygens (including phenoxy) is 1. The number of hydrogen-bond acceptors (Lipinski definition) is 4. The predicted molar refractivity (Wildman–Crippen MR) is 92.1 cm³/mol. The smallest absolute Gasteiger partial charge is 0.423 e. The molecule has 0 saturated heterocycles. The van der Waals surface area contributed by atoms with Crippen molar-refractivity contribution < 1.29 is 18.3 Å². The lowest BCUT2D eigenvalue weighted by molar-refractivity contribution is -0.193. The molecule has 0 spiro atoms. The fraction of sp³-hybridized carbons (Fsp3) is 0.211. The van der Waals surface area contributed by atoms with E-state index in [-0.39, 0.29) is 12.3 Å². The van der Waals surface area contributed by atoms with Crippen molar-refractivity contribution in [3.8, 4) is 5.75 Å². The molecule has 3 heterocycles. The first-order chi connectivity index (χ1) is 12.5. The maximum Gasteiger partial charge on any atom is 0.483 e. The molecular formula is C19H15F2N3O2. The molecule has 0 radical (unpaired) electrons. The van der Waals surface area contributed by atoms with Crippen molar-refractivity contribution in [3.05, 3.63) is 60.0 Å². The first-order valence-corrected chi connectivity index (χ1v) is 8.20. The highest BCUT2D eigenvalue weighted by Gasteiger charge is 2.51. The zero-order valence-electron chi connectivity index (χ0n) is 13.9. The number of pyridine rings is 2. The number of halogens is 2. The number of aromatic nitrogens is 2. The molecule has 0 atom stereocenters. The van der Waals surface area contributed by atoms with Gasteiger partial charge in [-0.3, -0.25) is 19.7 Å². The third-order valence-corrected chi connectivity index (χ3v) is 4.34. The van der Waals surface area contributed by atoms with E-state index in [9.17, 15) is 13.6 Å². The molecule has 2 aromatic heterocycles. The van der Waals surface area contributed by atoms with Crippen LogP contribution in [0, 0.1) is 0 Å². The zero-order valence-corrected chi connectivity index (χ0v) is 13.9. The molecule has 1 aliphatic rings. The molecule has 1 amide bonds. The Balaban J connectivity index is 1.78. The van der Waals surface area contributed by atoms with Gasteiger partial charge in [0, 0.05) is 17.8 Å². The van der Waals surface area contributed by atoms with Crippen molar-refractivity contribution >= 4 is 22.5 Å². The SMILES string of the molecule is CCc1cccc2c1OC(F)(F)C(=O)N2Cc1ccc2cnccc2n1. The summed E-state index contributed by atoms with van der Waals surface area (Å²) >= 11 is 0. The molecule has 0 aliphatic carbocycles. The Hall–Kier alpha value is -3.09. The first kappa shape index (κ1) is 16.4. The number of hydrogen-bond donors (Lipinski definition) is 0. The fourth-order valence-electron chi connectivity index (χ4n) is 3.03. The molecule has 4 rings (SSSR count). The number of carbonyl (C=O) groups is 1. The Kier molecular flexibility index (Phi) is 3.79. The second-order valence-corrected chi connectivity index (χ2v) is 6.00. The molecule has 5 nitrogen and oxygen atoms in total. The molecule has 0 unspecified atom stereocenters. The first-order valence-electron chi connectivity index (χ1n) is 8.20. The molecule has 0 saturated carbocycles. The van der Waals surface area contributed by atoms with Crippen molar-refractivity contribution in [1.82, 2.24) is 9.97 Å². The fourth-order valence-corrected chi connectivity index (χ4v) is 3.03. The molecule has 0 fully saturated rings. The predicted octanol–water partition coefficient (Wildman–Crippen LogP) is 3.71. The van der Waals surface area contributed by atoms with Crippen LogP contribution in [0.4, 0.5) is 14.5 Å². The minimum Gasteiger partial charge on any atom is -0.423 e. The van der Waals surface area contributed by atoms with Gasteiger partial charge in [0.15, 0.2) is 5.75 Å². The van der Waals surface area contributed by atoms with Gasteiger partial charge in [-0.1, -0.05) is 19.1 Å². The van der Waals surface area contributed by atoms with E-state index in [2.05, 4.69) is 9.97 Å². The number of carbonyl (C=O) groups excluding carboxylic acids is 1. The van der Waals surface area contributed by atoms with Gasteiger partial charge < -0.3 is 4.74 Å². The van der Waals surface area contributed by atoms with E-state index in [0.29, 0.717) is 28.9 Å². The van der Waals surface area contributed by atoms with E-state index >= 15 is 0 Å². The van der Waals surface area contributed by atoms with Crippen molar-refractivity contribution in [2.75, 3.05) is 4.90 Å². The summed E-state index contributed by atoms with van der Waals surface area (Å²) in [5.41, 5.74) is 2.14. The van der Waals surface area contributed by atoms with E-state index in [4.69, 9.17) is 4.74 Å². The normalized spacial score (nSPS) is 15.7. The van der Waals surface area contributed by atoms with Gasteiger partial charge in [0.2, 0.25) is 0 Å². The second kappa shape index (κ2) is 6.01. The lowest BCUT2D eigenvalue weighted by atomic mass is 10.1. The third kappa shape index (κ3) is 2.65. The summed E-state index contributed by atoms with van der Waals surface area (Å²) in [6.07, 6.45) is -0.111. The number of benzene rings is 1. The van der Waals surface area contributed by atoms with Gasteiger partial charge in [-0.15, -0.1) is 0 Å². The summed E-state index contributed by atoms with van der Waals surface area (Å²) in [6, 6.07) is 10.3. The lowest BCUT2D eigenvalue weighted by Gasteiger charge is -2.34. The molecule has 132 valence electrons. The minimum absolute atomic E-state index is 0.0459. The maximum atomic E-state index is 14.2. The van der Waals surface area contributed by atoms with Crippen LogP contribution in [0.3, 0.4) is 0 Å². The van der Waals surface area contributed by atoms with Crippen LogP contribution in [0.5, 0.6) is 5.75 Å². The number of rotatable bonds is 3. The van der Waals surface area contributed by atoms with Gasteiger partial charge in [-0.25, -0.2) is 0 Å². The average Bonchev–Trinajstić information content (AvgIpc) is 2.64. The van der Waals surface area contributed by atoms with Crippen LogP contribution in [0.15, 0.2) is 48.8 Å². The number of amides is 1. The van der Waals surface area contributed by atoms with Crippen LogP contribution in [0.2, 0.25) is 0 Å². The van der Waals surface area contributed by atoms with Gasteiger partial charge in [0.1, 0.15) is 0 Å². The van der Waals surface area contributed by atoms with E-state index < -0.39 is 12.0 Å². The van der Waals surface area contributed by atoms with Crippen molar-refractivity contribution in [1.29, 1.82) is 0 Å². The number of alkyl halides is 2. The van der Waals surface area contributed by atoms with Crippen molar-refractivity contribution in [2.45, 2.75) is 26.0 Å². The topological polar surface area (TPSA) is 55.3 Å². The molecule has 0 N–H and O–H groups in total. The van der Waals surface area contributed by atoms with Crippen LogP contribution in [-0.2, 0) is 17.8 Å². The highest BCUT2D eigenvalue weighted by Crippen LogP contribution is 2.42. The molecule has 1 aromatic carbocycles. The summed E-state index contributed by atoms with van der Waals surface area (Å²) in [4.78, 5) is 21.8. The summed E-state index contributed by atoms with van der Waals surface area (Å²) in [5.74, 6) is -1.35. The van der Waals surface area contributed by atoms with Gasteiger partial charge in [-0.2, -0.15) is 8.78 Å². The summed E-state index contributed by atoms with van der Waals surface area (Å²) in [7, 11) is 0. The summed E-state index contributed by atoms with van der Waals surface area (Å²) in [5, 5.41) is 0.837. The van der Waals surface area contributed by atoms with Crippen molar-refractivity contribution in [2.24, 2.45) is 0 Å². The lowest BCUT2D eigenvalue weighted by Crippen LogP contribution is -2.50. The second-order valence-electron chi connectivity index (χ2n) is 6.00. The van der Waals surface area contributed by atoms with Gasteiger partial charge in [-0.05, 0) is 36.2 Å². The van der Waals surface area contributed by atoms with Crippen molar-refractivity contribution in [3.63, 3.8) is 0 Å². The van der Waals surface area contributed by atoms with E-state index in [0.717, 1.165) is 10.3 Å². The van der Waals surface area contributed by atoms with Gasteiger partial charge in [0.25, 0.3) is 0 Å². The van der Waals surface area contributed by atoms with E-state index in [1.807, 2.05) is 6.92 Å². The van der Waals surface area contributed by atoms with E-state index in [1.54, 1.807) is 48.8 Å². The summed E-state index contributed by atoms with van der Waals surface area (Å²) in [6.45, 7) is 1.77. The van der Waals surface area contributed by atoms with Gasteiger partial charge >= 0.3 is 12.0 Å². The van der Waals surface area contributed by atoms with Crippen LogP contribution in [0.25, 0.3) is 10.9 Å². The Morgan fingerprint density at radius 1 is 1.19 bits per heavy atom. The molecule has 0 bridgehead atoms. The number of anilines is 1. The molecular weight excluding hydrogens is 340 g/mol. The van der Waals surface area contributed by atoms with E-state index in [1.165, 1.54) is 0 Å². The number of para-hydroxylation sites is 1. The largest absolute Gasteiger partial charge is 0.483 e. The quantitative estimate of drug-likeness (QED) is 0.719. The van der Waals surface area contributed by atoms with Crippen LogP contribution < -0.4 is 9.64 Å². The van der Waals surface area contributed by atoms with Gasteiger partial charge in [0.05, 0.1) is 23.4 Å². The molecule has 7 heteroatoms. The standard InChI is InChI=1S/C19H15F2N3O2/c1-2-12-4-3-5-16-17(12)26-19(20,21)18(25)24(16)11-14-7-6-13-10-22-9-8-15(13)23-14/h3-10H,2,11H2,1H3. The Morgan fingerprint density at radius 3 is 2.85 bits per heavy atom. The molecule has 3 aromatic rings. The highest BCUT2D eigenvalue weighted by molar-refractivity contribution is 6.01. The number of nitrogens with zero attached hydrogens (tertiary/aromatic N) is 3. The summed E-state index contributed by atoms with van der Waals surface area (Å²) < 4.78 is 33.1. The average molecular weight is 355 g/mol. The monoisotopic (exact) mass is 355 g/mol. The molecule has 26 heavy (non-hydrogen) atoms. The number of aryl methyl sites for hydroxylation is 1. The van der Waals surface area contributed by atoms with Crippen LogP contribution >= 0.6 is 0 Å². The minimum atomic E-state index is -3.90. The van der Waals surface area contributed by atoms with Crippen LogP contribution in [-0.4, -0.2) is 22.0 Å². The Labute approximate surface area is 148 Å². The van der Waals surface area contributed by atoms with Crippen LogP contribution in [0.1, 0.15) is 18.2 Å². The zero-order chi connectivity index (χ0) is 18.3. The number of fused-ring (bicyclic) bond motifs is 2. The third-order valence-electron chi connectivity index (χ3n) is 4.34.